The molecule has 122 valence electrons. The largest absolute Gasteiger partial charge is 0.483 e. The van der Waals surface area contributed by atoms with Crippen molar-refractivity contribution in [1.82, 2.24) is 4.57 Å². The number of carbonyl (C=O) groups is 1. The molecule has 0 radical (unpaired) electrons. The zero-order valence-electron chi connectivity index (χ0n) is 13.6. The summed E-state index contributed by atoms with van der Waals surface area (Å²) in [5, 5.41) is 4.06. The molecule has 0 saturated carbocycles. The first-order valence-electron chi connectivity index (χ1n) is 7.62. The van der Waals surface area contributed by atoms with E-state index >= 15 is 0 Å². The highest BCUT2D eigenvalue weighted by Crippen LogP contribution is 2.23. The fourth-order valence-electron chi connectivity index (χ4n) is 2.54. The van der Waals surface area contributed by atoms with Crippen LogP contribution in [0.2, 0.25) is 0 Å². The van der Waals surface area contributed by atoms with Crippen molar-refractivity contribution in [3.63, 3.8) is 0 Å². The minimum atomic E-state index is -0.249. The van der Waals surface area contributed by atoms with Gasteiger partial charge in [0.2, 0.25) is 0 Å². The normalized spacial score (nSPS) is 10.6. The van der Waals surface area contributed by atoms with Crippen LogP contribution in [0.5, 0.6) is 5.75 Å². The monoisotopic (exact) mass is 322 g/mol. The molecule has 0 aliphatic heterocycles. The van der Waals surface area contributed by atoms with Gasteiger partial charge in [0, 0.05) is 24.3 Å². The third-order valence-corrected chi connectivity index (χ3v) is 3.74. The lowest BCUT2D eigenvalue weighted by atomic mass is 10.1. The summed E-state index contributed by atoms with van der Waals surface area (Å²) in [4.78, 5) is 24.2. The number of aromatic nitrogens is 1. The fourth-order valence-corrected chi connectivity index (χ4v) is 2.54. The number of pyridine rings is 1. The minimum Gasteiger partial charge on any atom is -0.483 e. The van der Waals surface area contributed by atoms with Gasteiger partial charge < -0.3 is 14.6 Å². The van der Waals surface area contributed by atoms with Gasteiger partial charge in [-0.25, -0.2) is 0 Å². The second kappa shape index (κ2) is 6.58. The average Bonchev–Trinajstić information content (AvgIpc) is 2.56. The van der Waals surface area contributed by atoms with Gasteiger partial charge in [0.1, 0.15) is 5.75 Å². The number of rotatable bonds is 4. The van der Waals surface area contributed by atoms with Gasteiger partial charge >= 0.3 is 0 Å². The van der Waals surface area contributed by atoms with Crippen molar-refractivity contribution in [2.75, 3.05) is 11.9 Å². The molecule has 3 rings (SSSR count). The molecule has 0 spiro atoms. The van der Waals surface area contributed by atoms with Crippen LogP contribution in [0, 0.1) is 6.92 Å². The molecular formula is C19H18N2O3. The first-order valence-corrected chi connectivity index (χ1v) is 7.62. The van der Waals surface area contributed by atoms with Gasteiger partial charge in [-0.1, -0.05) is 18.2 Å². The Hall–Kier alpha value is -3.08. The van der Waals surface area contributed by atoms with Crippen molar-refractivity contribution >= 4 is 22.4 Å². The standard InChI is InChI=1S/C19H18N2O3/c1-13-5-3-6-14(11-13)20-18(22)12-24-17-8-4-7-16-15(17)9-10-21(2)19(16)23/h3-11H,12H2,1-2H3,(H,20,22). The van der Waals surface area contributed by atoms with Gasteiger partial charge in [-0.3, -0.25) is 9.59 Å². The zero-order valence-corrected chi connectivity index (χ0v) is 13.6. The van der Waals surface area contributed by atoms with Crippen molar-refractivity contribution in [3.05, 3.63) is 70.6 Å². The van der Waals surface area contributed by atoms with E-state index in [1.165, 1.54) is 4.57 Å². The average molecular weight is 322 g/mol. The maximum absolute atomic E-state index is 12.1. The molecule has 0 saturated heterocycles. The summed E-state index contributed by atoms with van der Waals surface area (Å²) < 4.78 is 7.13. The summed E-state index contributed by atoms with van der Waals surface area (Å²) in [7, 11) is 1.70. The molecule has 0 unspecified atom stereocenters. The number of amides is 1. The molecule has 24 heavy (non-hydrogen) atoms. The van der Waals surface area contributed by atoms with Crippen LogP contribution >= 0.6 is 0 Å². The van der Waals surface area contributed by atoms with Crippen molar-refractivity contribution in [2.24, 2.45) is 7.05 Å². The zero-order chi connectivity index (χ0) is 17.1. The molecule has 1 N–H and O–H groups in total. The summed E-state index contributed by atoms with van der Waals surface area (Å²) in [6, 6.07) is 14.6. The second-order valence-electron chi connectivity index (χ2n) is 5.66. The van der Waals surface area contributed by atoms with Crippen molar-refractivity contribution in [3.8, 4) is 5.75 Å². The third kappa shape index (κ3) is 3.30. The molecule has 0 atom stereocenters. The summed E-state index contributed by atoms with van der Waals surface area (Å²) in [5.41, 5.74) is 1.70. The van der Waals surface area contributed by atoms with E-state index in [1.807, 2.05) is 37.3 Å². The first-order chi connectivity index (χ1) is 11.5. The molecule has 0 aliphatic carbocycles. The smallest absolute Gasteiger partial charge is 0.262 e. The van der Waals surface area contributed by atoms with Crippen LogP contribution in [0.25, 0.3) is 10.8 Å². The summed E-state index contributed by atoms with van der Waals surface area (Å²) in [6.07, 6.45) is 1.68. The van der Waals surface area contributed by atoms with Crippen LogP contribution in [-0.2, 0) is 11.8 Å². The maximum atomic E-state index is 12.1. The second-order valence-corrected chi connectivity index (χ2v) is 5.66. The van der Waals surface area contributed by atoms with Crippen LogP contribution < -0.4 is 15.6 Å². The third-order valence-electron chi connectivity index (χ3n) is 3.74. The number of hydrogen-bond acceptors (Lipinski definition) is 3. The molecular weight excluding hydrogens is 304 g/mol. The van der Waals surface area contributed by atoms with Gasteiger partial charge in [0.15, 0.2) is 6.61 Å². The van der Waals surface area contributed by atoms with Crippen LogP contribution in [-0.4, -0.2) is 17.1 Å². The number of fused-ring (bicyclic) bond motifs is 1. The highest BCUT2D eigenvalue weighted by molar-refractivity contribution is 5.92. The minimum absolute atomic E-state index is 0.0952. The van der Waals surface area contributed by atoms with Crippen molar-refractivity contribution in [1.29, 1.82) is 0 Å². The van der Waals surface area contributed by atoms with E-state index in [-0.39, 0.29) is 18.1 Å². The molecule has 0 bridgehead atoms. The van der Waals surface area contributed by atoms with E-state index in [1.54, 1.807) is 31.4 Å². The highest BCUT2D eigenvalue weighted by atomic mass is 16.5. The Morgan fingerprint density at radius 1 is 1.12 bits per heavy atom. The molecule has 5 heteroatoms. The van der Waals surface area contributed by atoms with E-state index in [4.69, 9.17) is 4.74 Å². The van der Waals surface area contributed by atoms with Crippen LogP contribution in [0.3, 0.4) is 0 Å². The topological polar surface area (TPSA) is 60.3 Å². The summed E-state index contributed by atoms with van der Waals surface area (Å²) >= 11 is 0. The SMILES string of the molecule is Cc1cccc(NC(=O)COc2cccc3c(=O)n(C)ccc23)c1. The molecule has 2 aromatic carbocycles. The predicted molar refractivity (Wildman–Crippen MR) is 94.5 cm³/mol. The Balaban J connectivity index is 1.75. The Morgan fingerprint density at radius 2 is 1.92 bits per heavy atom. The Kier molecular flexibility index (Phi) is 4.33. The lowest BCUT2D eigenvalue weighted by Crippen LogP contribution is -2.20. The highest BCUT2D eigenvalue weighted by Gasteiger charge is 2.08. The molecule has 1 amide bonds. The molecule has 5 nitrogen and oxygen atoms in total. The van der Waals surface area contributed by atoms with E-state index in [0.29, 0.717) is 16.5 Å². The number of ether oxygens (including phenoxy) is 1. The first kappa shape index (κ1) is 15.8. The van der Waals surface area contributed by atoms with Crippen LogP contribution in [0.1, 0.15) is 5.56 Å². The summed E-state index contributed by atoms with van der Waals surface area (Å²) in [5.74, 6) is 0.269. The number of benzene rings is 2. The Labute approximate surface area is 139 Å². The van der Waals surface area contributed by atoms with Crippen molar-refractivity contribution < 1.29 is 9.53 Å². The molecule has 1 heterocycles. The molecule has 3 aromatic rings. The summed E-state index contributed by atoms with van der Waals surface area (Å²) in [6.45, 7) is 1.84. The Morgan fingerprint density at radius 3 is 2.71 bits per heavy atom. The number of hydrogen-bond donors (Lipinski definition) is 1. The van der Waals surface area contributed by atoms with Gasteiger partial charge in [0.25, 0.3) is 11.5 Å². The van der Waals surface area contributed by atoms with Gasteiger partial charge in [-0.05, 0) is 42.8 Å². The number of anilines is 1. The van der Waals surface area contributed by atoms with Gasteiger partial charge in [-0.15, -0.1) is 0 Å². The predicted octanol–water partition coefficient (Wildman–Crippen LogP) is 2.86. The quantitative estimate of drug-likeness (QED) is 0.803. The van der Waals surface area contributed by atoms with Crippen LogP contribution in [0.4, 0.5) is 5.69 Å². The number of carbonyl (C=O) groups excluding carboxylic acids is 1. The fraction of sp³-hybridized carbons (Fsp3) is 0.158. The van der Waals surface area contributed by atoms with E-state index in [0.717, 1.165) is 11.3 Å². The molecule has 1 aromatic heterocycles. The lowest BCUT2D eigenvalue weighted by molar-refractivity contribution is -0.118. The molecule has 0 fully saturated rings. The van der Waals surface area contributed by atoms with E-state index in [9.17, 15) is 9.59 Å². The van der Waals surface area contributed by atoms with E-state index in [2.05, 4.69) is 5.32 Å². The van der Waals surface area contributed by atoms with E-state index < -0.39 is 0 Å². The maximum Gasteiger partial charge on any atom is 0.262 e. The van der Waals surface area contributed by atoms with Crippen molar-refractivity contribution in [2.45, 2.75) is 6.92 Å². The van der Waals surface area contributed by atoms with Gasteiger partial charge in [-0.2, -0.15) is 0 Å². The Bertz CT molecular complexity index is 960. The lowest BCUT2D eigenvalue weighted by Gasteiger charge is -2.10. The van der Waals surface area contributed by atoms with Crippen LogP contribution in [0.15, 0.2) is 59.5 Å². The molecule has 0 aliphatic rings. The number of aryl methyl sites for hydroxylation is 2. The van der Waals surface area contributed by atoms with Gasteiger partial charge in [0.05, 0.1) is 5.39 Å². The number of nitrogens with one attached hydrogen (secondary N) is 1. The number of nitrogens with zero attached hydrogens (tertiary/aromatic N) is 1.